The minimum Gasteiger partial charge on any atom is -0.456 e. The topological polar surface area (TPSA) is 51.8 Å². The summed E-state index contributed by atoms with van der Waals surface area (Å²) in [7, 11) is 0. The van der Waals surface area contributed by atoms with Crippen LogP contribution in [0.1, 0.15) is 0 Å². The summed E-state index contributed by atoms with van der Waals surface area (Å²) in [6.45, 7) is 0. The fourth-order valence-corrected chi connectivity index (χ4v) is 8.92. The number of rotatable bonds is 5. The van der Waals surface area contributed by atoms with Gasteiger partial charge in [0.05, 0.1) is 0 Å². The lowest BCUT2D eigenvalue weighted by Gasteiger charge is -2.10. The highest BCUT2D eigenvalue weighted by molar-refractivity contribution is 7.26. The Bertz CT molecular complexity index is 3230. The number of thiophene rings is 1. The van der Waals surface area contributed by atoms with Crippen molar-refractivity contribution in [2.75, 3.05) is 0 Å². The van der Waals surface area contributed by atoms with Crippen LogP contribution in [-0.4, -0.2) is 15.0 Å². The van der Waals surface area contributed by atoms with Crippen molar-refractivity contribution in [2.24, 2.45) is 0 Å². The summed E-state index contributed by atoms with van der Waals surface area (Å²) in [5, 5.41) is 7.14. The summed E-state index contributed by atoms with van der Waals surface area (Å²) in [5.41, 5.74) is 9.11. The van der Waals surface area contributed by atoms with Crippen LogP contribution in [0.5, 0.6) is 0 Å². The predicted molar refractivity (Wildman–Crippen MR) is 225 cm³/mol. The highest BCUT2D eigenvalue weighted by atomic mass is 32.1. The fraction of sp³-hybridized carbons (Fsp3) is 0. The van der Waals surface area contributed by atoms with Gasteiger partial charge in [-0.25, -0.2) is 15.0 Å². The molecule has 0 amide bonds. The van der Waals surface area contributed by atoms with E-state index in [1.54, 1.807) is 11.3 Å². The van der Waals surface area contributed by atoms with Crippen molar-refractivity contribution in [1.82, 2.24) is 15.0 Å². The van der Waals surface area contributed by atoms with E-state index < -0.39 is 0 Å². The van der Waals surface area contributed by atoms with Crippen LogP contribution in [-0.2, 0) is 0 Å². The molecule has 0 aliphatic rings. The molecule has 0 aliphatic carbocycles. The summed E-state index contributed by atoms with van der Waals surface area (Å²) >= 11 is 1.78. The minimum absolute atomic E-state index is 0.629. The quantitative estimate of drug-likeness (QED) is 0.179. The first-order valence-corrected chi connectivity index (χ1v) is 18.8. The van der Waals surface area contributed by atoms with E-state index in [0.717, 1.165) is 49.8 Å². The van der Waals surface area contributed by atoms with Crippen LogP contribution in [0.25, 0.3) is 109 Å². The zero-order chi connectivity index (χ0) is 35.6. The van der Waals surface area contributed by atoms with E-state index in [4.69, 9.17) is 19.4 Å². The third-order valence-electron chi connectivity index (χ3n) is 10.3. The van der Waals surface area contributed by atoms with E-state index in [1.165, 1.54) is 42.1 Å². The fourth-order valence-electron chi connectivity index (χ4n) is 7.70. The number of furan rings is 1. The number of nitrogens with zero attached hydrogens (tertiary/aromatic N) is 3. The number of hydrogen-bond donors (Lipinski definition) is 0. The van der Waals surface area contributed by atoms with Crippen molar-refractivity contribution in [3.05, 3.63) is 176 Å². The van der Waals surface area contributed by atoms with Gasteiger partial charge in [0, 0.05) is 47.6 Å². The van der Waals surface area contributed by atoms with Gasteiger partial charge in [-0.1, -0.05) is 133 Å². The lowest BCUT2D eigenvalue weighted by atomic mass is 9.96. The van der Waals surface area contributed by atoms with Gasteiger partial charge in [0.15, 0.2) is 17.5 Å². The molecule has 4 nitrogen and oxygen atoms in total. The molecule has 5 heteroatoms. The van der Waals surface area contributed by atoms with Gasteiger partial charge in [0.25, 0.3) is 0 Å². The number of hydrogen-bond acceptors (Lipinski definition) is 5. The van der Waals surface area contributed by atoms with Gasteiger partial charge in [-0.2, -0.15) is 0 Å². The third kappa shape index (κ3) is 5.09. The molecule has 0 saturated carbocycles. The first-order valence-electron chi connectivity index (χ1n) is 18.0. The lowest BCUT2D eigenvalue weighted by molar-refractivity contribution is 0.669. The maximum absolute atomic E-state index is 6.46. The molecular formula is C49H29N3OS. The molecule has 0 fully saturated rings. The second-order valence-electron chi connectivity index (χ2n) is 13.6. The summed E-state index contributed by atoms with van der Waals surface area (Å²) in [5.74, 6) is 1.93. The van der Waals surface area contributed by atoms with Crippen molar-refractivity contribution < 1.29 is 4.42 Å². The normalized spacial score (nSPS) is 11.7. The molecule has 0 atom stereocenters. The van der Waals surface area contributed by atoms with Crippen LogP contribution in [0.4, 0.5) is 0 Å². The third-order valence-corrected chi connectivity index (χ3v) is 11.6. The molecule has 3 heterocycles. The molecule has 54 heavy (non-hydrogen) atoms. The zero-order valence-electron chi connectivity index (χ0n) is 28.9. The molecule has 11 aromatic rings. The molecule has 0 radical (unpaired) electrons. The Morgan fingerprint density at radius 1 is 0.352 bits per heavy atom. The average molecular weight is 708 g/mol. The van der Waals surface area contributed by atoms with Crippen molar-refractivity contribution >= 4 is 64.2 Å². The maximum atomic E-state index is 6.46. The molecule has 8 aromatic carbocycles. The predicted octanol–water partition coefficient (Wildman–Crippen LogP) is 13.6. The van der Waals surface area contributed by atoms with Gasteiger partial charge in [-0.05, 0) is 75.5 Å². The number of benzene rings is 8. The highest BCUT2D eigenvalue weighted by Gasteiger charge is 2.17. The van der Waals surface area contributed by atoms with E-state index in [2.05, 4.69) is 146 Å². The van der Waals surface area contributed by atoms with Crippen molar-refractivity contribution in [1.29, 1.82) is 0 Å². The molecular weight excluding hydrogens is 679 g/mol. The van der Waals surface area contributed by atoms with E-state index >= 15 is 0 Å². The maximum Gasteiger partial charge on any atom is 0.165 e. The number of aromatic nitrogens is 3. The largest absolute Gasteiger partial charge is 0.456 e. The van der Waals surface area contributed by atoms with Crippen LogP contribution in [0.2, 0.25) is 0 Å². The summed E-state index contributed by atoms with van der Waals surface area (Å²) in [4.78, 5) is 15.3. The Morgan fingerprint density at radius 3 is 1.93 bits per heavy atom. The molecule has 0 N–H and O–H groups in total. The van der Waals surface area contributed by atoms with Crippen molar-refractivity contribution in [3.8, 4) is 56.4 Å². The van der Waals surface area contributed by atoms with Gasteiger partial charge >= 0.3 is 0 Å². The van der Waals surface area contributed by atoms with E-state index in [1.807, 2.05) is 30.3 Å². The molecule has 0 saturated heterocycles. The summed E-state index contributed by atoms with van der Waals surface area (Å²) < 4.78 is 8.88. The van der Waals surface area contributed by atoms with Crippen LogP contribution < -0.4 is 0 Å². The lowest BCUT2D eigenvalue weighted by Crippen LogP contribution is -2.00. The Morgan fingerprint density at radius 2 is 1.00 bits per heavy atom. The number of fused-ring (bicyclic) bond motifs is 7. The van der Waals surface area contributed by atoms with Gasteiger partial charge in [0.2, 0.25) is 0 Å². The van der Waals surface area contributed by atoms with Crippen LogP contribution >= 0.6 is 11.3 Å². The Labute approximate surface area is 314 Å². The monoisotopic (exact) mass is 707 g/mol. The molecule has 3 aromatic heterocycles. The molecule has 0 unspecified atom stereocenters. The standard InChI is InChI=1S/C49H29N3OS/c1-2-12-31(13-3-1)47-50-48(52-49(51-47)41-21-10-20-40-39-18-6-7-22-45(39)54-46(40)41)35-16-8-15-32(27-35)33-23-25-38-42-28-34(24-26-43(42)53-44(38)29-33)37-19-9-14-30-11-4-5-17-36(30)37/h1-29H. The summed E-state index contributed by atoms with van der Waals surface area (Å²) in [6.07, 6.45) is 0. The smallest absolute Gasteiger partial charge is 0.165 e. The highest BCUT2D eigenvalue weighted by Crippen LogP contribution is 2.40. The second kappa shape index (κ2) is 12.3. The van der Waals surface area contributed by atoms with E-state index in [9.17, 15) is 0 Å². The Kier molecular flexibility index (Phi) is 7.00. The molecule has 252 valence electrons. The zero-order valence-corrected chi connectivity index (χ0v) is 29.7. The van der Waals surface area contributed by atoms with Crippen LogP contribution in [0, 0.1) is 0 Å². The van der Waals surface area contributed by atoms with Gasteiger partial charge in [-0.15, -0.1) is 11.3 Å². The average Bonchev–Trinajstić information content (AvgIpc) is 3.81. The first-order chi connectivity index (χ1) is 26.7. The van der Waals surface area contributed by atoms with Crippen LogP contribution in [0.15, 0.2) is 180 Å². The van der Waals surface area contributed by atoms with Crippen molar-refractivity contribution in [2.45, 2.75) is 0 Å². The molecule has 11 rings (SSSR count). The minimum atomic E-state index is 0.629. The summed E-state index contributed by atoms with van der Waals surface area (Å²) in [6, 6.07) is 61.6. The van der Waals surface area contributed by atoms with E-state index in [0.29, 0.717) is 17.5 Å². The van der Waals surface area contributed by atoms with Crippen LogP contribution in [0.3, 0.4) is 0 Å². The Balaban J connectivity index is 1.01. The van der Waals surface area contributed by atoms with E-state index in [-0.39, 0.29) is 0 Å². The van der Waals surface area contributed by atoms with Gasteiger partial charge in [0.1, 0.15) is 11.2 Å². The molecule has 0 bridgehead atoms. The first kappa shape index (κ1) is 30.7. The van der Waals surface area contributed by atoms with Gasteiger partial charge < -0.3 is 4.42 Å². The molecule has 0 aliphatic heterocycles. The SMILES string of the molecule is c1ccc(-c2nc(-c3cccc(-c4ccc5c(c4)oc4ccc(-c6cccc7ccccc67)cc45)c3)nc(-c3cccc4c3sc3ccccc34)n2)cc1. The van der Waals surface area contributed by atoms with Gasteiger partial charge in [-0.3, -0.25) is 0 Å². The second-order valence-corrected chi connectivity index (χ2v) is 14.6. The van der Waals surface area contributed by atoms with Crippen molar-refractivity contribution in [3.63, 3.8) is 0 Å². The Hall–Kier alpha value is -6.95. The molecule has 0 spiro atoms.